The molecule has 2 aromatic heterocycles. The Bertz CT molecular complexity index is 864. The van der Waals surface area contributed by atoms with Gasteiger partial charge in [0.05, 0.1) is 25.0 Å². The number of thioether (sulfide) groups is 1. The van der Waals surface area contributed by atoms with Crippen LogP contribution in [-0.2, 0) is 5.54 Å². The Labute approximate surface area is 154 Å². The molecule has 7 nitrogen and oxygen atoms in total. The number of anilines is 1. The third-order valence-electron chi connectivity index (χ3n) is 4.85. The summed E-state index contributed by atoms with van der Waals surface area (Å²) in [6, 6.07) is 5.80. The number of amidine groups is 1. The topological polar surface area (TPSA) is 89.5 Å². The number of halogens is 1. The Kier molecular flexibility index (Phi) is 4.18. The number of nitrogens with two attached hydrogens (primary N) is 1. The summed E-state index contributed by atoms with van der Waals surface area (Å²) in [7, 11) is 1.40. The highest BCUT2D eigenvalue weighted by molar-refractivity contribution is 8.13. The summed E-state index contributed by atoms with van der Waals surface area (Å²) >= 11 is 1.55. The van der Waals surface area contributed by atoms with Gasteiger partial charge >= 0.3 is 0 Å². The molecule has 0 spiro atoms. The average Bonchev–Trinajstić information content (AvgIpc) is 3.04. The largest absolute Gasteiger partial charge is 0.479 e. The van der Waals surface area contributed by atoms with Crippen molar-refractivity contribution in [2.24, 2.45) is 16.6 Å². The molecular formula is C17H19FN6OS. The maximum atomic E-state index is 14.0. The fraction of sp³-hybridized carbons (Fsp3) is 0.412. The molecule has 2 aromatic rings. The highest BCUT2D eigenvalue weighted by Crippen LogP contribution is 2.45. The van der Waals surface area contributed by atoms with E-state index in [9.17, 15) is 4.39 Å². The molecule has 9 heteroatoms. The van der Waals surface area contributed by atoms with E-state index in [0.29, 0.717) is 24.2 Å². The fourth-order valence-corrected chi connectivity index (χ4v) is 4.53. The summed E-state index contributed by atoms with van der Waals surface area (Å²) < 4.78 is 19.1. The number of ether oxygens (including phenoxy) is 1. The second-order valence-corrected chi connectivity index (χ2v) is 7.45. The molecule has 0 aromatic carbocycles. The van der Waals surface area contributed by atoms with Crippen molar-refractivity contribution < 1.29 is 9.13 Å². The standard InChI is InChI=1S/C17H19FN6OS/c1-10-13(18)14(25-2)22-16(21-10)24-7-11-8-26-15(19)23-17(11,9-24)12-5-3-4-6-20-12/h3-6,11H,7-9H2,1-2H3,(H2,19,23)/t11-,17-/m0/s1. The minimum absolute atomic E-state index is 0.0494. The molecule has 0 saturated carbocycles. The Balaban J connectivity index is 1.76. The van der Waals surface area contributed by atoms with Crippen LogP contribution in [0.3, 0.4) is 0 Å². The molecule has 0 radical (unpaired) electrons. The second kappa shape index (κ2) is 6.39. The van der Waals surface area contributed by atoms with E-state index < -0.39 is 11.4 Å². The first-order valence-electron chi connectivity index (χ1n) is 8.26. The van der Waals surface area contributed by atoms with Gasteiger partial charge < -0.3 is 15.4 Å². The predicted molar refractivity (Wildman–Crippen MR) is 99.0 cm³/mol. The van der Waals surface area contributed by atoms with Crippen LogP contribution in [0.25, 0.3) is 0 Å². The lowest BCUT2D eigenvalue weighted by molar-refractivity contribution is 0.365. The number of aryl methyl sites for hydroxylation is 1. The van der Waals surface area contributed by atoms with Gasteiger partial charge in [-0.25, -0.2) is 9.98 Å². The van der Waals surface area contributed by atoms with Gasteiger partial charge in [0.25, 0.3) is 5.88 Å². The molecular weight excluding hydrogens is 355 g/mol. The van der Waals surface area contributed by atoms with Crippen molar-refractivity contribution in [3.63, 3.8) is 0 Å². The zero-order valence-electron chi connectivity index (χ0n) is 14.5. The number of aromatic nitrogens is 3. The molecule has 0 unspecified atom stereocenters. The molecule has 2 atom stereocenters. The minimum Gasteiger partial charge on any atom is -0.479 e. The molecule has 1 saturated heterocycles. The molecule has 136 valence electrons. The zero-order valence-corrected chi connectivity index (χ0v) is 15.3. The van der Waals surface area contributed by atoms with Crippen molar-refractivity contribution in [3.8, 4) is 5.88 Å². The van der Waals surface area contributed by atoms with Gasteiger partial charge in [-0.05, 0) is 19.1 Å². The summed E-state index contributed by atoms with van der Waals surface area (Å²) in [5, 5.41) is 0.558. The first-order valence-corrected chi connectivity index (χ1v) is 9.25. The highest BCUT2D eigenvalue weighted by atomic mass is 32.2. The van der Waals surface area contributed by atoms with Gasteiger partial charge in [-0.15, -0.1) is 0 Å². The third kappa shape index (κ3) is 2.66. The van der Waals surface area contributed by atoms with Crippen LogP contribution in [0.2, 0.25) is 0 Å². The van der Waals surface area contributed by atoms with E-state index in [1.54, 1.807) is 24.9 Å². The Morgan fingerprint density at radius 2 is 2.23 bits per heavy atom. The number of rotatable bonds is 3. The van der Waals surface area contributed by atoms with Crippen LogP contribution in [-0.4, -0.2) is 46.1 Å². The van der Waals surface area contributed by atoms with Crippen LogP contribution in [0.15, 0.2) is 29.4 Å². The lowest BCUT2D eigenvalue weighted by atomic mass is 9.85. The van der Waals surface area contributed by atoms with Gasteiger partial charge in [0, 0.05) is 24.4 Å². The fourth-order valence-electron chi connectivity index (χ4n) is 3.55. The van der Waals surface area contributed by atoms with Gasteiger partial charge in [-0.3, -0.25) is 4.98 Å². The van der Waals surface area contributed by atoms with Crippen molar-refractivity contribution >= 4 is 22.9 Å². The van der Waals surface area contributed by atoms with E-state index in [1.165, 1.54) is 7.11 Å². The molecule has 1 fully saturated rings. The summed E-state index contributed by atoms with van der Waals surface area (Å²) in [6.07, 6.45) is 1.76. The lowest BCUT2D eigenvalue weighted by Crippen LogP contribution is -2.40. The number of methoxy groups -OCH3 is 1. The summed E-state index contributed by atoms with van der Waals surface area (Å²) in [6.45, 7) is 2.82. The Morgan fingerprint density at radius 3 is 2.96 bits per heavy atom. The van der Waals surface area contributed by atoms with Gasteiger partial charge in [0.15, 0.2) is 5.17 Å². The second-order valence-electron chi connectivity index (χ2n) is 6.41. The van der Waals surface area contributed by atoms with Gasteiger partial charge in [0.2, 0.25) is 11.8 Å². The number of hydrogen-bond donors (Lipinski definition) is 1. The van der Waals surface area contributed by atoms with Crippen LogP contribution in [0.5, 0.6) is 5.88 Å². The van der Waals surface area contributed by atoms with E-state index in [-0.39, 0.29) is 17.5 Å². The summed E-state index contributed by atoms with van der Waals surface area (Å²) in [4.78, 5) is 19.9. The van der Waals surface area contributed by atoms with Crippen molar-refractivity contribution in [1.29, 1.82) is 0 Å². The maximum absolute atomic E-state index is 14.0. The molecule has 2 aliphatic heterocycles. The van der Waals surface area contributed by atoms with Crippen LogP contribution in [0, 0.1) is 18.7 Å². The number of hydrogen-bond acceptors (Lipinski definition) is 8. The van der Waals surface area contributed by atoms with Crippen LogP contribution in [0.4, 0.5) is 10.3 Å². The Morgan fingerprint density at radius 1 is 1.38 bits per heavy atom. The minimum atomic E-state index is -0.546. The Hall–Kier alpha value is -2.42. The van der Waals surface area contributed by atoms with Crippen LogP contribution in [0.1, 0.15) is 11.4 Å². The predicted octanol–water partition coefficient (Wildman–Crippen LogP) is 1.72. The summed E-state index contributed by atoms with van der Waals surface area (Å²) in [5.74, 6) is 0.885. The van der Waals surface area contributed by atoms with Crippen molar-refractivity contribution in [2.45, 2.75) is 12.5 Å². The number of fused-ring (bicyclic) bond motifs is 1. The first-order chi connectivity index (χ1) is 12.5. The van der Waals surface area contributed by atoms with E-state index in [2.05, 4.69) is 15.0 Å². The average molecular weight is 374 g/mol. The SMILES string of the molecule is COc1nc(N2C[C@H]3CSC(N)=N[C@@]3(c3ccccn3)C2)nc(C)c1F. The molecule has 2 aliphatic rings. The van der Waals surface area contributed by atoms with Gasteiger partial charge in [0.1, 0.15) is 5.54 Å². The van der Waals surface area contributed by atoms with E-state index >= 15 is 0 Å². The van der Waals surface area contributed by atoms with E-state index in [0.717, 1.165) is 11.4 Å². The van der Waals surface area contributed by atoms with Crippen molar-refractivity contribution in [2.75, 3.05) is 30.9 Å². The van der Waals surface area contributed by atoms with Gasteiger partial charge in [-0.1, -0.05) is 17.8 Å². The molecule has 0 amide bonds. The molecule has 0 aliphatic carbocycles. The number of aliphatic imine (C=N–C) groups is 1. The molecule has 4 heterocycles. The lowest BCUT2D eigenvalue weighted by Gasteiger charge is -2.33. The molecule has 0 bridgehead atoms. The molecule has 2 N–H and O–H groups in total. The maximum Gasteiger partial charge on any atom is 0.255 e. The summed E-state index contributed by atoms with van der Waals surface area (Å²) in [5.41, 5.74) is 6.64. The zero-order chi connectivity index (χ0) is 18.3. The van der Waals surface area contributed by atoms with Crippen LogP contribution < -0.4 is 15.4 Å². The normalized spacial score (nSPS) is 25.0. The van der Waals surface area contributed by atoms with Crippen molar-refractivity contribution in [1.82, 2.24) is 15.0 Å². The third-order valence-corrected chi connectivity index (χ3v) is 5.81. The number of pyridine rings is 1. The molecule has 4 rings (SSSR count). The smallest absolute Gasteiger partial charge is 0.255 e. The monoisotopic (exact) mass is 374 g/mol. The van der Waals surface area contributed by atoms with E-state index in [4.69, 9.17) is 15.5 Å². The van der Waals surface area contributed by atoms with Gasteiger partial charge in [-0.2, -0.15) is 9.37 Å². The molecule has 26 heavy (non-hydrogen) atoms. The van der Waals surface area contributed by atoms with Crippen molar-refractivity contribution in [3.05, 3.63) is 41.6 Å². The highest BCUT2D eigenvalue weighted by Gasteiger charge is 2.51. The quantitative estimate of drug-likeness (QED) is 0.875. The van der Waals surface area contributed by atoms with E-state index in [1.807, 2.05) is 23.1 Å². The first kappa shape index (κ1) is 17.0. The number of nitrogens with zero attached hydrogens (tertiary/aromatic N) is 5. The van der Waals surface area contributed by atoms with Crippen LogP contribution >= 0.6 is 11.8 Å².